The van der Waals surface area contributed by atoms with E-state index in [9.17, 15) is 9.50 Å². The Morgan fingerprint density at radius 3 is 3.12 bits per heavy atom. The van der Waals surface area contributed by atoms with Gasteiger partial charge in [0.15, 0.2) is 0 Å². The second kappa shape index (κ2) is 6.18. The molecule has 2 unspecified atom stereocenters. The van der Waals surface area contributed by atoms with E-state index in [0.717, 1.165) is 16.0 Å². The maximum Gasteiger partial charge on any atom is 0.126 e. The van der Waals surface area contributed by atoms with Crippen molar-refractivity contribution in [3.63, 3.8) is 0 Å². The first-order valence-electron chi connectivity index (χ1n) is 5.48. The second-order valence-electron chi connectivity index (χ2n) is 3.99. The minimum Gasteiger partial charge on any atom is -0.390 e. The Labute approximate surface area is 113 Å². The van der Waals surface area contributed by atoms with Gasteiger partial charge in [-0.15, -0.1) is 0 Å². The molecule has 1 aromatic rings. The van der Waals surface area contributed by atoms with Gasteiger partial charge in [-0.05, 0) is 23.8 Å². The fraction of sp³-hybridized carbons (Fsp3) is 0.500. The Morgan fingerprint density at radius 1 is 1.59 bits per heavy atom. The van der Waals surface area contributed by atoms with Crippen LogP contribution < -0.4 is 0 Å². The molecule has 1 heterocycles. The highest BCUT2D eigenvalue weighted by Gasteiger charge is 2.24. The predicted molar refractivity (Wildman–Crippen MR) is 70.9 cm³/mol. The normalized spacial score (nSPS) is 22.4. The molecule has 1 aliphatic heterocycles. The molecule has 2 rings (SSSR count). The van der Waals surface area contributed by atoms with E-state index in [1.54, 1.807) is 23.9 Å². The third kappa shape index (κ3) is 3.68. The summed E-state index contributed by atoms with van der Waals surface area (Å²) in [5, 5.41) is 10.0. The number of benzene rings is 1. The zero-order valence-corrected chi connectivity index (χ0v) is 11.6. The van der Waals surface area contributed by atoms with Gasteiger partial charge < -0.3 is 9.84 Å². The number of thioether (sulfide) groups is 1. The molecule has 0 aliphatic carbocycles. The van der Waals surface area contributed by atoms with Gasteiger partial charge in [-0.3, -0.25) is 0 Å². The van der Waals surface area contributed by atoms with Crippen molar-refractivity contribution in [2.45, 2.75) is 18.6 Å². The fourth-order valence-corrected chi connectivity index (χ4v) is 3.12. The number of aliphatic hydroxyl groups is 1. The van der Waals surface area contributed by atoms with Crippen molar-refractivity contribution in [1.82, 2.24) is 0 Å². The van der Waals surface area contributed by atoms with Gasteiger partial charge in [0.1, 0.15) is 5.82 Å². The first-order chi connectivity index (χ1) is 8.16. The summed E-state index contributed by atoms with van der Waals surface area (Å²) in [7, 11) is 0. The number of aliphatic hydroxyl groups excluding tert-OH is 1. The summed E-state index contributed by atoms with van der Waals surface area (Å²) in [5.41, 5.74) is 0.519. The average molecular weight is 321 g/mol. The molecule has 0 bridgehead atoms. The van der Waals surface area contributed by atoms with Crippen LogP contribution in [0.4, 0.5) is 4.39 Å². The highest BCUT2D eigenvalue weighted by Crippen LogP contribution is 2.21. The Kier molecular flexibility index (Phi) is 4.85. The molecular weight excluding hydrogens is 307 g/mol. The molecule has 0 saturated carbocycles. The first-order valence-corrected chi connectivity index (χ1v) is 7.43. The monoisotopic (exact) mass is 320 g/mol. The SMILES string of the molecule is OC(Cc1cc(Br)ccc1F)C1CSCCO1. The van der Waals surface area contributed by atoms with E-state index in [-0.39, 0.29) is 18.3 Å². The molecule has 1 saturated heterocycles. The zero-order chi connectivity index (χ0) is 12.3. The van der Waals surface area contributed by atoms with Crippen molar-refractivity contribution in [2.24, 2.45) is 0 Å². The molecule has 17 heavy (non-hydrogen) atoms. The summed E-state index contributed by atoms with van der Waals surface area (Å²) in [6.07, 6.45) is -0.546. The molecule has 0 amide bonds. The molecule has 0 radical (unpaired) electrons. The molecule has 0 aromatic heterocycles. The Balaban J connectivity index is 2.01. The Bertz CT molecular complexity index is 383. The Morgan fingerprint density at radius 2 is 2.41 bits per heavy atom. The second-order valence-corrected chi connectivity index (χ2v) is 6.06. The van der Waals surface area contributed by atoms with Gasteiger partial charge in [-0.25, -0.2) is 4.39 Å². The molecule has 1 fully saturated rings. The van der Waals surface area contributed by atoms with Crippen molar-refractivity contribution < 1.29 is 14.2 Å². The Hall–Kier alpha value is -0.100. The van der Waals surface area contributed by atoms with Crippen LogP contribution in [0.1, 0.15) is 5.56 Å². The quantitative estimate of drug-likeness (QED) is 0.928. The van der Waals surface area contributed by atoms with E-state index in [1.165, 1.54) is 6.07 Å². The van der Waals surface area contributed by atoms with Crippen molar-refractivity contribution in [3.8, 4) is 0 Å². The van der Waals surface area contributed by atoms with Gasteiger partial charge in [-0.1, -0.05) is 15.9 Å². The maximum absolute atomic E-state index is 13.5. The zero-order valence-electron chi connectivity index (χ0n) is 9.23. The van der Waals surface area contributed by atoms with Crippen LogP contribution in [0.15, 0.2) is 22.7 Å². The standard InChI is InChI=1S/C12H14BrFO2S/c13-9-1-2-10(14)8(5-9)6-11(15)12-7-17-4-3-16-12/h1-2,5,11-12,15H,3-4,6-7H2. The number of hydrogen-bond donors (Lipinski definition) is 1. The lowest BCUT2D eigenvalue weighted by Crippen LogP contribution is -2.36. The van der Waals surface area contributed by atoms with Crippen LogP contribution in [0.2, 0.25) is 0 Å². The number of rotatable bonds is 3. The van der Waals surface area contributed by atoms with Crippen LogP contribution in [0.25, 0.3) is 0 Å². The molecule has 2 atom stereocenters. The van der Waals surface area contributed by atoms with Crippen molar-refractivity contribution in [2.75, 3.05) is 18.1 Å². The summed E-state index contributed by atoms with van der Waals surface area (Å²) in [5.74, 6) is 1.46. The van der Waals surface area contributed by atoms with E-state index in [2.05, 4.69) is 15.9 Å². The topological polar surface area (TPSA) is 29.5 Å². The van der Waals surface area contributed by atoms with E-state index in [0.29, 0.717) is 12.2 Å². The number of ether oxygens (including phenoxy) is 1. The predicted octanol–water partition coefficient (Wildman–Crippen LogP) is 2.62. The average Bonchev–Trinajstić information content (AvgIpc) is 2.35. The molecule has 1 aromatic carbocycles. The first kappa shape index (κ1) is 13.3. The molecule has 0 spiro atoms. The highest BCUT2D eigenvalue weighted by molar-refractivity contribution is 9.10. The molecule has 2 nitrogen and oxygen atoms in total. The highest BCUT2D eigenvalue weighted by atomic mass is 79.9. The summed E-state index contributed by atoms with van der Waals surface area (Å²) in [6, 6.07) is 4.76. The third-order valence-electron chi connectivity index (χ3n) is 2.71. The van der Waals surface area contributed by atoms with Gasteiger partial charge in [0.2, 0.25) is 0 Å². The number of hydrogen-bond acceptors (Lipinski definition) is 3. The van der Waals surface area contributed by atoms with Crippen molar-refractivity contribution in [1.29, 1.82) is 0 Å². The fourth-order valence-electron chi connectivity index (χ4n) is 1.78. The van der Waals surface area contributed by atoms with E-state index < -0.39 is 6.10 Å². The van der Waals surface area contributed by atoms with Gasteiger partial charge in [0.05, 0.1) is 18.8 Å². The van der Waals surface area contributed by atoms with Crippen LogP contribution >= 0.6 is 27.7 Å². The van der Waals surface area contributed by atoms with Crippen LogP contribution in [0.5, 0.6) is 0 Å². The van der Waals surface area contributed by atoms with Crippen LogP contribution in [0, 0.1) is 5.82 Å². The lowest BCUT2D eigenvalue weighted by atomic mass is 10.0. The summed E-state index contributed by atoms with van der Waals surface area (Å²) >= 11 is 5.06. The molecule has 1 N–H and O–H groups in total. The van der Waals surface area contributed by atoms with Crippen LogP contribution in [-0.2, 0) is 11.2 Å². The molecule has 94 valence electrons. The minimum atomic E-state index is -0.647. The summed E-state index contributed by atoms with van der Waals surface area (Å²) < 4.78 is 19.8. The van der Waals surface area contributed by atoms with Crippen molar-refractivity contribution >= 4 is 27.7 Å². The largest absolute Gasteiger partial charge is 0.390 e. The van der Waals surface area contributed by atoms with Gasteiger partial charge >= 0.3 is 0 Å². The van der Waals surface area contributed by atoms with E-state index >= 15 is 0 Å². The van der Waals surface area contributed by atoms with Gasteiger partial charge in [0, 0.05) is 22.4 Å². The van der Waals surface area contributed by atoms with Crippen molar-refractivity contribution in [3.05, 3.63) is 34.1 Å². The van der Waals surface area contributed by atoms with E-state index in [1.807, 2.05) is 0 Å². The molecule has 1 aliphatic rings. The van der Waals surface area contributed by atoms with Crippen LogP contribution in [0.3, 0.4) is 0 Å². The summed E-state index contributed by atoms with van der Waals surface area (Å²) in [4.78, 5) is 0. The summed E-state index contributed by atoms with van der Waals surface area (Å²) in [6.45, 7) is 0.660. The maximum atomic E-state index is 13.5. The minimum absolute atomic E-state index is 0.188. The lowest BCUT2D eigenvalue weighted by molar-refractivity contribution is -0.0210. The molecule has 5 heteroatoms. The lowest BCUT2D eigenvalue weighted by Gasteiger charge is -2.26. The van der Waals surface area contributed by atoms with E-state index in [4.69, 9.17) is 4.74 Å². The van der Waals surface area contributed by atoms with Gasteiger partial charge in [-0.2, -0.15) is 11.8 Å². The smallest absolute Gasteiger partial charge is 0.126 e. The van der Waals surface area contributed by atoms with Crippen LogP contribution in [-0.4, -0.2) is 35.4 Å². The molecular formula is C12H14BrFO2S. The van der Waals surface area contributed by atoms with Gasteiger partial charge in [0.25, 0.3) is 0 Å². The number of halogens is 2. The third-order valence-corrected chi connectivity index (χ3v) is 4.22.